The zero-order valence-corrected chi connectivity index (χ0v) is 10.9. The zero-order valence-electron chi connectivity index (χ0n) is 10.9. The Labute approximate surface area is 107 Å². The fourth-order valence-electron chi connectivity index (χ4n) is 1.97. The van der Waals surface area contributed by atoms with Gasteiger partial charge in [-0.3, -0.25) is 4.68 Å². The molecule has 0 aliphatic heterocycles. The minimum absolute atomic E-state index is 0.0791. The maximum Gasteiger partial charge on any atom is 0.115 e. The van der Waals surface area contributed by atoms with Gasteiger partial charge in [0, 0.05) is 18.9 Å². The lowest BCUT2D eigenvalue weighted by Gasteiger charge is -2.18. The number of rotatable bonds is 6. The van der Waals surface area contributed by atoms with E-state index >= 15 is 0 Å². The number of hydrogen-bond donors (Lipinski definition) is 1. The highest BCUT2D eigenvalue weighted by molar-refractivity contribution is 5.20. The van der Waals surface area contributed by atoms with Gasteiger partial charge in [0.2, 0.25) is 0 Å². The summed E-state index contributed by atoms with van der Waals surface area (Å²) in [6, 6.07) is 4.06. The molecule has 0 amide bonds. The average molecular weight is 245 g/mol. The molecule has 18 heavy (non-hydrogen) atoms. The Hall–Kier alpha value is -1.75. The van der Waals surface area contributed by atoms with E-state index in [0.717, 1.165) is 30.9 Å². The molecule has 0 saturated carbocycles. The lowest BCUT2D eigenvalue weighted by atomic mass is 10.1. The van der Waals surface area contributed by atoms with Crippen molar-refractivity contribution in [1.29, 1.82) is 0 Å². The highest BCUT2D eigenvalue weighted by atomic mass is 15.3. The molecular formula is C13H19N5. The zero-order chi connectivity index (χ0) is 12.8. The second-order valence-corrected chi connectivity index (χ2v) is 4.09. The number of aromatic nitrogens is 4. The van der Waals surface area contributed by atoms with Crippen molar-refractivity contribution in [3.05, 3.63) is 42.2 Å². The average Bonchev–Trinajstić information content (AvgIpc) is 2.89. The van der Waals surface area contributed by atoms with E-state index in [9.17, 15) is 0 Å². The first-order chi connectivity index (χ1) is 8.86. The van der Waals surface area contributed by atoms with Crippen molar-refractivity contribution in [3.8, 4) is 0 Å². The van der Waals surface area contributed by atoms with Crippen LogP contribution in [0, 0.1) is 0 Å². The Bertz CT molecular complexity index is 465. The van der Waals surface area contributed by atoms with E-state index in [2.05, 4.69) is 34.2 Å². The van der Waals surface area contributed by atoms with Gasteiger partial charge in [0.1, 0.15) is 6.33 Å². The first-order valence-electron chi connectivity index (χ1n) is 6.37. The highest BCUT2D eigenvalue weighted by Gasteiger charge is 2.18. The van der Waals surface area contributed by atoms with Gasteiger partial charge in [-0.15, -0.1) is 0 Å². The minimum atomic E-state index is 0.0791. The van der Waals surface area contributed by atoms with Crippen LogP contribution in [0.25, 0.3) is 0 Å². The Morgan fingerprint density at radius 1 is 1.28 bits per heavy atom. The van der Waals surface area contributed by atoms with Gasteiger partial charge in [-0.05, 0) is 32.0 Å². The molecule has 0 bridgehead atoms. The van der Waals surface area contributed by atoms with E-state index in [-0.39, 0.29) is 6.04 Å². The first kappa shape index (κ1) is 12.7. The van der Waals surface area contributed by atoms with Crippen LogP contribution >= 0.6 is 0 Å². The van der Waals surface area contributed by atoms with E-state index in [1.807, 2.05) is 23.0 Å². The van der Waals surface area contributed by atoms with Crippen LogP contribution in [0.5, 0.6) is 0 Å². The van der Waals surface area contributed by atoms with Gasteiger partial charge in [0.05, 0.1) is 17.4 Å². The number of nitrogens with zero attached hydrogens (tertiary/aromatic N) is 4. The van der Waals surface area contributed by atoms with Crippen LogP contribution in [0.1, 0.15) is 37.7 Å². The first-order valence-corrected chi connectivity index (χ1v) is 6.37. The summed E-state index contributed by atoms with van der Waals surface area (Å²) in [6.07, 6.45) is 6.28. The maximum absolute atomic E-state index is 4.35. The molecule has 1 atom stereocenters. The molecule has 0 saturated heterocycles. The van der Waals surface area contributed by atoms with Crippen LogP contribution in [-0.4, -0.2) is 26.3 Å². The molecule has 1 unspecified atom stereocenters. The molecule has 0 radical (unpaired) electrons. The molecule has 0 fully saturated rings. The Morgan fingerprint density at radius 3 is 2.83 bits per heavy atom. The van der Waals surface area contributed by atoms with Crippen LogP contribution in [0.4, 0.5) is 0 Å². The highest BCUT2D eigenvalue weighted by Crippen LogP contribution is 2.19. The third-order valence-electron chi connectivity index (χ3n) is 2.84. The molecule has 2 aromatic heterocycles. The molecule has 2 rings (SSSR count). The van der Waals surface area contributed by atoms with Gasteiger partial charge in [0.25, 0.3) is 0 Å². The number of nitrogens with one attached hydrogen (secondary N) is 1. The summed E-state index contributed by atoms with van der Waals surface area (Å²) in [5.41, 5.74) is 2.12. The summed E-state index contributed by atoms with van der Waals surface area (Å²) >= 11 is 0. The van der Waals surface area contributed by atoms with Gasteiger partial charge in [0.15, 0.2) is 0 Å². The molecule has 1 N–H and O–H groups in total. The summed E-state index contributed by atoms with van der Waals surface area (Å²) in [5, 5.41) is 7.83. The summed E-state index contributed by atoms with van der Waals surface area (Å²) in [7, 11) is 0. The van der Waals surface area contributed by atoms with Gasteiger partial charge in [-0.25, -0.2) is 9.97 Å². The molecule has 96 valence electrons. The Morgan fingerprint density at radius 2 is 2.17 bits per heavy atom. The predicted octanol–water partition coefficient (Wildman–Crippen LogP) is 1.78. The quantitative estimate of drug-likeness (QED) is 0.843. The van der Waals surface area contributed by atoms with Crippen molar-refractivity contribution in [3.63, 3.8) is 0 Å². The van der Waals surface area contributed by atoms with Crippen molar-refractivity contribution in [2.75, 3.05) is 6.54 Å². The fraction of sp³-hybridized carbons (Fsp3) is 0.462. The molecule has 2 heterocycles. The SMILES string of the molecule is CCCNC(c1ccncn1)c1ccnn1CC. The van der Waals surface area contributed by atoms with Gasteiger partial charge >= 0.3 is 0 Å². The molecule has 5 heteroatoms. The van der Waals surface area contributed by atoms with Crippen LogP contribution in [0.15, 0.2) is 30.9 Å². The Balaban J connectivity index is 2.31. The second kappa shape index (κ2) is 6.26. The molecular weight excluding hydrogens is 226 g/mol. The van der Waals surface area contributed by atoms with E-state index in [1.54, 1.807) is 12.5 Å². The fourth-order valence-corrected chi connectivity index (χ4v) is 1.97. The Kier molecular flexibility index (Phi) is 4.41. The third kappa shape index (κ3) is 2.73. The smallest absolute Gasteiger partial charge is 0.115 e. The van der Waals surface area contributed by atoms with Crippen LogP contribution < -0.4 is 5.32 Å². The molecule has 5 nitrogen and oxygen atoms in total. The monoisotopic (exact) mass is 245 g/mol. The lowest BCUT2D eigenvalue weighted by molar-refractivity contribution is 0.521. The summed E-state index contributed by atoms with van der Waals surface area (Å²) in [5.74, 6) is 0. The predicted molar refractivity (Wildman–Crippen MR) is 70.1 cm³/mol. The van der Waals surface area contributed by atoms with Gasteiger partial charge < -0.3 is 5.32 Å². The van der Waals surface area contributed by atoms with Crippen LogP contribution in [0.3, 0.4) is 0 Å². The summed E-state index contributed by atoms with van der Waals surface area (Å²) in [6.45, 7) is 6.05. The van der Waals surface area contributed by atoms with Crippen molar-refractivity contribution >= 4 is 0 Å². The molecule has 0 aliphatic rings. The van der Waals surface area contributed by atoms with E-state index in [4.69, 9.17) is 0 Å². The van der Waals surface area contributed by atoms with Gasteiger partial charge in [-0.2, -0.15) is 5.10 Å². The maximum atomic E-state index is 4.35. The van der Waals surface area contributed by atoms with Crippen LogP contribution in [0.2, 0.25) is 0 Å². The van der Waals surface area contributed by atoms with Gasteiger partial charge in [-0.1, -0.05) is 6.92 Å². The van der Waals surface area contributed by atoms with Crippen molar-refractivity contribution < 1.29 is 0 Å². The van der Waals surface area contributed by atoms with E-state index in [1.165, 1.54) is 0 Å². The van der Waals surface area contributed by atoms with E-state index < -0.39 is 0 Å². The number of aryl methyl sites for hydroxylation is 1. The molecule has 2 aromatic rings. The van der Waals surface area contributed by atoms with Crippen molar-refractivity contribution in [1.82, 2.24) is 25.1 Å². The van der Waals surface area contributed by atoms with E-state index in [0.29, 0.717) is 0 Å². The topological polar surface area (TPSA) is 55.6 Å². The summed E-state index contributed by atoms with van der Waals surface area (Å²) < 4.78 is 2.00. The molecule has 0 aliphatic carbocycles. The summed E-state index contributed by atoms with van der Waals surface area (Å²) in [4.78, 5) is 8.32. The third-order valence-corrected chi connectivity index (χ3v) is 2.84. The normalized spacial score (nSPS) is 12.6. The molecule has 0 spiro atoms. The van der Waals surface area contributed by atoms with Crippen LogP contribution in [-0.2, 0) is 6.54 Å². The number of hydrogen-bond acceptors (Lipinski definition) is 4. The largest absolute Gasteiger partial charge is 0.304 e. The lowest BCUT2D eigenvalue weighted by Crippen LogP contribution is -2.26. The standard InChI is InChI=1S/C13H19N5/c1-3-7-15-13(11-5-8-14-10-16-11)12-6-9-17-18(12)4-2/h5-6,8-10,13,15H,3-4,7H2,1-2H3. The van der Waals surface area contributed by atoms with Crippen molar-refractivity contribution in [2.45, 2.75) is 32.9 Å². The minimum Gasteiger partial charge on any atom is -0.304 e. The van der Waals surface area contributed by atoms with Crippen molar-refractivity contribution in [2.24, 2.45) is 0 Å². The molecule has 0 aromatic carbocycles. The second-order valence-electron chi connectivity index (χ2n) is 4.09.